The number of aliphatic imine (C=N–C) groups is 1. The molecular formula is C17H35F3IN5. The van der Waals surface area contributed by atoms with Gasteiger partial charge in [0.1, 0.15) is 0 Å². The van der Waals surface area contributed by atoms with Crippen LogP contribution in [-0.4, -0.2) is 80.3 Å². The first kappa shape index (κ1) is 25.7. The zero-order chi connectivity index (χ0) is 19.0. The minimum absolute atomic E-state index is 0. The molecule has 0 saturated carbocycles. The maximum atomic E-state index is 12.4. The Bertz CT molecular complexity index is 408. The summed E-state index contributed by atoms with van der Waals surface area (Å²) < 4.78 is 37.3. The van der Waals surface area contributed by atoms with Gasteiger partial charge in [0.05, 0.1) is 6.54 Å². The van der Waals surface area contributed by atoms with Gasteiger partial charge < -0.3 is 10.6 Å². The quantitative estimate of drug-likeness (QED) is 0.310. The van der Waals surface area contributed by atoms with E-state index in [9.17, 15) is 13.2 Å². The SMILES string of the molecule is CN=C(NCCN(C(C)C)C(C)C)NCC1CCN(CC(F)(F)F)C1.I. The summed E-state index contributed by atoms with van der Waals surface area (Å²) >= 11 is 0. The number of hydrogen-bond acceptors (Lipinski definition) is 3. The van der Waals surface area contributed by atoms with Crippen LogP contribution in [0.4, 0.5) is 13.2 Å². The van der Waals surface area contributed by atoms with Crippen LogP contribution in [0, 0.1) is 5.92 Å². The summed E-state index contributed by atoms with van der Waals surface area (Å²) in [6.07, 6.45) is -3.33. The number of rotatable bonds is 8. The van der Waals surface area contributed by atoms with Crippen LogP contribution in [0.15, 0.2) is 4.99 Å². The standard InChI is InChI=1S/C17H34F3N5.HI/c1-13(2)25(14(3)4)9-7-22-16(21-5)23-10-15-6-8-24(11-15)12-17(18,19)20;/h13-15H,6-12H2,1-5H3,(H2,21,22,23);1H. The van der Waals surface area contributed by atoms with Crippen LogP contribution >= 0.6 is 24.0 Å². The highest BCUT2D eigenvalue weighted by molar-refractivity contribution is 14.0. The molecule has 9 heteroatoms. The molecule has 156 valence electrons. The first-order valence-electron chi connectivity index (χ1n) is 9.11. The van der Waals surface area contributed by atoms with Crippen molar-refractivity contribution in [3.8, 4) is 0 Å². The van der Waals surface area contributed by atoms with Crippen molar-refractivity contribution in [1.29, 1.82) is 0 Å². The predicted octanol–water partition coefficient (Wildman–Crippen LogP) is 2.77. The second-order valence-corrected chi connectivity index (χ2v) is 7.31. The van der Waals surface area contributed by atoms with Crippen molar-refractivity contribution in [2.24, 2.45) is 10.9 Å². The third kappa shape index (κ3) is 10.1. The smallest absolute Gasteiger partial charge is 0.356 e. The predicted molar refractivity (Wildman–Crippen MR) is 112 cm³/mol. The molecule has 0 bridgehead atoms. The summed E-state index contributed by atoms with van der Waals surface area (Å²) in [6.45, 7) is 11.2. The van der Waals surface area contributed by atoms with Gasteiger partial charge >= 0.3 is 6.18 Å². The molecule has 1 aliphatic heterocycles. The number of nitrogens with one attached hydrogen (secondary N) is 2. The molecule has 0 aromatic carbocycles. The zero-order valence-electron chi connectivity index (χ0n) is 16.6. The molecule has 1 fully saturated rings. The summed E-state index contributed by atoms with van der Waals surface area (Å²) in [5.74, 6) is 0.936. The van der Waals surface area contributed by atoms with Crippen LogP contribution in [-0.2, 0) is 0 Å². The van der Waals surface area contributed by atoms with Crippen molar-refractivity contribution in [1.82, 2.24) is 20.4 Å². The van der Waals surface area contributed by atoms with E-state index in [0.29, 0.717) is 37.7 Å². The van der Waals surface area contributed by atoms with E-state index in [1.54, 1.807) is 7.05 Å². The minimum atomic E-state index is -4.11. The molecule has 1 aliphatic rings. The molecule has 1 heterocycles. The largest absolute Gasteiger partial charge is 0.401 e. The molecule has 0 aromatic rings. The monoisotopic (exact) mass is 493 g/mol. The number of halogens is 4. The first-order valence-corrected chi connectivity index (χ1v) is 9.11. The Hall–Kier alpha value is -0.290. The highest BCUT2D eigenvalue weighted by Crippen LogP contribution is 2.22. The van der Waals surface area contributed by atoms with Crippen LogP contribution < -0.4 is 10.6 Å². The van der Waals surface area contributed by atoms with Crippen molar-refractivity contribution >= 4 is 29.9 Å². The Morgan fingerprint density at radius 3 is 2.31 bits per heavy atom. The molecule has 1 unspecified atom stereocenters. The average Bonchev–Trinajstić information content (AvgIpc) is 2.91. The third-order valence-electron chi connectivity index (χ3n) is 4.54. The lowest BCUT2D eigenvalue weighted by Gasteiger charge is -2.30. The lowest BCUT2D eigenvalue weighted by Crippen LogP contribution is -2.46. The molecule has 5 nitrogen and oxygen atoms in total. The molecule has 0 radical (unpaired) electrons. The van der Waals surface area contributed by atoms with Crippen molar-refractivity contribution in [3.05, 3.63) is 0 Å². The van der Waals surface area contributed by atoms with Gasteiger partial charge in [-0.25, -0.2) is 0 Å². The molecule has 2 N–H and O–H groups in total. The Kier molecular flexibility index (Phi) is 12.1. The fourth-order valence-electron chi connectivity index (χ4n) is 3.35. The van der Waals surface area contributed by atoms with Gasteiger partial charge in [-0.3, -0.25) is 14.8 Å². The van der Waals surface area contributed by atoms with E-state index < -0.39 is 12.7 Å². The Morgan fingerprint density at radius 1 is 1.19 bits per heavy atom. The Labute approximate surface area is 173 Å². The summed E-state index contributed by atoms with van der Waals surface area (Å²) in [5, 5.41) is 6.53. The Morgan fingerprint density at radius 2 is 1.81 bits per heavy atom. The average molecular weight is 493 g/mol. The lowest BCUT2D eigenvalue weighted by molar-refractivity contribution is -0.143. The molecule has 1 saturated heterocycles. The van der Waals surface area contributed by atoms with Gasteiger partial charge in [0.2, 0.25) is 0 Å². The number of guanidine groups is 1. The molecule has 1 atom stereocenters. The van der Waals surface area contributed by atoms with Crippen molar-refractivity contribution in [2.75, 3.05) is 46.3 Å². The Balaban J connectivity index is 0.00000625. The topological polar surface area (TPSA) is 42.9 Å². The van der Waals surface area contributed by atoms with Crippen LogP contribution in [0.25, 0.3) is 0 Å². The number of likely N-dealkylation sites (tertiary alicyclic amines) is 1. The van der Waals surface area contributed by atoms with Gasteiger partial charge in [0, 0.05) is 45.3 Å². The summed E-state index contributed by atoms with van der Waals surface area (Å²) in [5.41, 5.74) is 0. The second-order valence-electron chi connectivity index (χ2n) is 7.31. The maximum Gasteiger partial charge on any atom is 0.401 e. The van der Waals surface area contributed by atoms with Crippen LogP contribution in [0.3, 0.4) is 0 Å². The summed E-state index contributed by atoms with van der Waals surface area (Å²) in [6, 6.07) is 0.963. The molecular weight excluding hydrogens is 458 g/mol. The molecule has 0 spiro atoms. The molecule has 0 aliphatic carbocycles. The van der Waals surface area contributed by atoms with E-state index in [-0.39, 0.29) is 29.9 Å². The summed E-state index contributed by atoms with van der Waals surface area (Å²) in [7, 11) is 1.71. The number of nitrogens with zero attached hydrogens (tertiary/aromatic N) is 3. The van der Waals surface area contributed by atoms with Gasteiger partial charge in [-0.15, -0.1) is 24.0 Å². The van der Waals surface area contributed by atoms with Crippen LogP contribution in [0.1, 0.15) is 34.1 Å². The van der Waals surface area contributed by atoms with Gasteiger partial charge in [-0.1, -0.05) is 0 Å². The zero-order valence-corrected chi connectivity index (χ0v) is 18.9. The molecule has 1 rings (SSSR count). The van der Waals surface area contributed by atoms with E-state index in [2.05, 4.69) is 48.2 Å². The van der Waals surface area contributed by atoms with Crippen LogP contribution in [0.2, 0.25) is 0 Å². The maximum absolute atomic E-state index is 12.4. The molecule has 0 aromatic heterocycles. The third-order valence-corrected chi connectivity index (χ3v) is 4.54. The fourth-order valence-corrected chi connectivity index (χ4v) is 3.35. The normalized spacial score (nSPS) is 19.3. The fraction of sp³-hybridized carbons (Fsp3) is 0.941. The van der Waals surface area contributed by atoms with Gasteiger partial charge in [0.25, 0.3) is 0 Å². The first-order chi connectivity index (χ1) is 11.6. The number of alkyl halides is 3. The van der Waals surface area contributed by atoms with Gasteiger partial charge in [-0.2, -0.15) is 13.2 Å². The number of hydrogen-bond donors (Lipinski definition) is 2. The molecule has 0 amide bonds. The van der Waals surface area contributed by atoms with E-state index in [4.69, 9.17) is 0 Å². The van der Waals surface area contributed by atoms with Crippen molar-refractivity contribution in [3.63, 3.8) is 0 Å². The van der Waals surface area contributed by atoms with Crippen LogP contribution in [0.5, 0.6) is 0 Å². The highest BCUT2D eigenvalue weighted by Gasteiger charge is 2.34. The second kappa shape index (κ2) is 12.2. The summed E-state index contributed by atoms with van der Waals surface area (Å²) in [4.78, 5) is 8.07. The van der Waals surface area contributed by atoms with Crippen molar-refractivity contribution in [2.45, 2.75) is 52.4 Å². The van der Waals surface area contributed by atoms with E-state index in [1.807, 2.05) is 0 Å². The minimum Gasteiger partial charge on any atom is -0.356 e. The van der Waals surface area contributed by atoms with Crippen molar-refractivity contribution < 1.29 is 13.2 Å². The lowest BCUT2D eigenvalue weighted by atomic mass is 10.1. The van der Waals surface area contributed by atoms with E-state index >= 15 is 0 Å². The molecule has 26 heavy (non-hydrogen) atoms. The van der Waals surface area contributed by atoms with E-state index in [1.165, 1.54) is 4.90 Å². The highest BCUT2D eigenvalue weighted by atomic mass is 127. The van der Waals surface area contributed by atoms with Gasteiger partial charge in [-0.05, 0) is 46.6 Å². The van der Waals surface area contributed by atoms with Gasteiger partial charge in [0.15, 0.2) is 5.96 Å². The van der Waals surface area contributed by atoms with E-state index in [0.717, 1.165) is 19.5 Å².